The Morgan fingerprint density at radius 3 is 2.81 bits per heavy atom. The largest absolute Gasteiger partial charge is 0.351 e. The van der Waals surface area contributed by atoms with Gasteiger partial charge < -0.3 is 10.7 Å². The van der Waals surface area contributed by atoms with Crippen LogP contribution in [0.15, 0.2) is 17.4 Å². The summed E-state index contributed by atoms with van der Waals surface area (Å²) >= 11 is 7.07. The second-order valence-electron chi connectivity index (χ2n) is 4.70. The highest BCUT2D eigenvalue weighted by atomic mass is 35.5. The van der Waals surface area contributed by atoms with Gasteiger partial charge in [-0.15, -0.1) is 0 Å². The molecule has 9 heteroatoms. The summed E-state index contributed by atoms with van der Waals surface area (Å²) in [4.78, 5) is 34.2. The van der Waals surface area contributed by atoms with Crippen molar-refractivity contribution in [3.63, 3.8) is 0 Å². The molecular weight excluding hydrogens is 314 g/mol. The van der Waals surface area contributed by atoms with Crippen LogP contribution in [0.3, 0.4) is 0 Å². The number of nitrogens with two attached hydrogens (primary N) is 1. The Kier molecular flexibility index (Phi) is 4.69. The number of halogens is 1. The van der Waals surface area contributed by atoms with Gasteiger partial charge in [0, 0.05) is 6.20 Å². The van der Waals surface area contributed by atoms with E-state index in [9.17, 15) is 9.59 Å². The van der Waals surface area contributed by atoms with Crippen molar-refractivity contribution in [3.05, 3.63) is 17.3 Å². The predicted octanol–water partition coefficient (Wildman–Crippen LogP) is 1.92. The molecule has 0 saturated carbocycles. The van der Waals surface area contributed by atoms with Crippen molar-refractivity contribution in [2.24, 2.45) is 11.7 Å². The topological polar surface area (TPSA) is 114 Å². The fraction of sp³-hybridized carbons (Fsp3) is 0.333. The molecule has 7 nitrogen and oxygen atoms in total. The van der Waals surface area contributed by atoms with Gasteiger partial charge in [-0.1, -0.05) is 37.2 Å². The highest BCUT2D eigenvalue weighted by Gasteiger charge is 2.26. The first-order chi connectivity index (χ1) is 9.86. The Morgan fingerprint density at radius 2 is 2.19 bits per heavy atom. The van der Waals surface area contributed by atoms with Gasteiger partial charge in [0.25, 0.3) is 0 Å². The van der Waals surface area contributed by atoms with Gasteiger partial charge in [-0.2, -0.15) is 0 Å². The molecular formula is C12H14ClN5O2S. The molecule has 2 aromatic rings. The summed E-state index contributed by atoms with van der Waals surface area (Å²) < 4.78 is 0. The standard InChI is InChI=1S/C12H14ClN5O2S/c1-5(2)8(10(19)18-11(14)20)21-12-16-7-3-6(13)4-15-9(7)17-12/h3-5,8H,1-2H3,(H,15,16,17)(H3,14,18,19,20)/t8-/m0/s1. The SMILES string of the molecule is CC(C)[C@H](Sc1nc2ncc(Cl)cc2[nH]1)C(=O)NC(N)=O. The van der Waals surface area contributed by atoms with Gasteiger partial charge in [-0.25, -0.2) is 14.8 Å². The van der Waals surface area contributed by atoms with Gasteiger partial charge in [0.2, 0.25) is 5.91 Å². The molecule has 0 saturated heterocycles. The Balaban J connectivity index is 2.22. The fourth-order valence-corrected chi connectivity index (χ4v) is 2.86. The third-order valence-electron chi connectivity index (χ3n) is 2.63. The minimum Gasteiger partial charge on any atom is -0.351 e. The van der Waals surface area contributed by atoms with E-state index in [4.69, 9.17) is 17.3 Å². The molecule has 0 aliphatic rings. The summed E-state index contributed by atoms with van der Waals surface area (Å²) in [5, 5.41) is 2.60. The molecule has 4 N–H and O–H groups in total. The first-order valence-electron chi connectivity index (χ1n) is 6.15. The Labute approximate surface area is 130 Å². The Morgan fingerprint density at radius 1 is 1.48 bits per heavy atom. The zero-order valence-corrected chi connectivity index (χ0v) is 13.0. The first kappa shape index (κ1) is 15.6. The smallest absolute Gasteiger partial charge is 0.318 e. The van der Waals surface area contributed by atoms with Crippen molar-refractivity contribution in [1.82, 2.24) is 20.3 Å². The highest BCUT2D eigenvalue weighted by Crippen LogP contribution is 2.28. The van der Waals surface area contributed by atoms with Crippen LogP contribution >= 0.6 is 23.4 Å². The number of nitrogens with zero attached hydrogens (tertiary/aromatic N) is 2. The van der Waals surface area contributed by atoms with E-state index in [1.807, 2.05) is 13.8 Å². The number of urea groups is 1. The molecule has 3 amide bonds. The Hall–Kier alpha value is -1.80. The van der Waals surface area contributed by atoms with E-state index < -0.39 is 17.2 Å². The predicted molar refractivity (Wildman–Crippen MR) is 81.1 cm³/mol. The molecule has 0 bridgehead atoms. The number of aromatic amines is 1. The maximum Gasteiger partial charge on any atom is 0.318 e. The summed E-state index contributed by atoms with van der Waals surface area (Å²) in [6, 6.07) is 0.832. The van der Waals surface area contributed by atoms with E-state index in [1.165, 1.54) is 18.0 Å². The quantitative estimate of drug-likeness (QED) is 0.742. The van der Waals surface area contributed by atoms with Crippen LogP contribution < -0.4 is 11.1 Å². The molecule has 0 fully saturated rings. The molecule has 0 aliphatic carbocycles. The van der Waals surface area contributed by atoms with Gasteiger partial charge in [-0.05, 0) is 12.0 Å². The average molecular weight is 328 g/mol. The fourth-order valence-electron chi connectivity index (χ4n) is 1.71. The number of fused-ring (bicyclic) bond motifs is 1. The molecule has 21 heavy (non-hydrogen) atoms. The number of amides is 3. The third-order valence-corrected chi connectivity index (χ3v) is 4.27. The third kappa shape index (κ3) is 3.85. The van der Waals surface area contributed by atoms with E-state index >= 15 is 0 Å². The zero-order valence-electron chi connectivity index (χ0n) is 11.4. The molecule has 112 valence electrons. The number of primary amides is 1. The molecule has 2 heterocycles. The number of pyridine rings is 1. The molecule has 0 radical (unpaired) electrons. The number of imide groups is 1. The lowest BCUT2D eigenvalue weighted by atomic mass is 10.1. The van der Waals surface area contributed by atoms with Crippen LogP contribution in [0.4, 0.5) is 4.79 Å². The maximum atomic E-state index is 12.0. The molecule has 0 unspecified atom stereocenters. The van der Waals surface area contributed by atoms with Gasteiger partial charge in [0.1, 0.15) is 0 Å². The number of carbonyl (C=O) groups excluding carboxylic acids is 2. The van der Waals surface area contributed by atoms with Crippen molar-refractivity contribution >= 4 is 46.5 Å². The van der Waals surface area contributed by atoms with Crippen molar-refractivity contribution in [1.29, 1.82) is 0 Å². The molecule has 1 atom stereocenters. The van der Waals surface area contributed by atoms with Crippen LogP contribution in [-0.2, 0) is 4.79 Å². The zero-order chi connectivity index (χ0) is 15.6. The van der Waals surface area contributed by atoms with E-state index in [1.54, 1.807) is 6.07 Å². The average Bonchev–Trinajstić information content (AvgIpc) is 2.76. The molecule has 0 aromatic carbocycles. The number of imidazole rings is 1. The molecule has 0 spiro atoms. The van der Waals surface area contributed by atoms with Gasteiger partial charge in [0.15, 0.2) is 10.8 Å². The summed E-state index contributed by atoms with van der Waals surface area (Å²) in [5.41, 5.74) is 6.17. The van der Waals surface area contributed by atoms with Crippen LogP contribution in [0.2, 0.25) is 5.02 Å². The number of rotatable bonds is 4. The lowest BCUT2D eigenvalue weighted by molar-refractivity contribution is -0.120. The van der Waals surface area contributed by atoms with Gasteiger partial charge in [0.05, 0.1) is 15.8 Å². The minimum atomic E-state index is -0.871. The van der Waals surface area contributed by atoms with Crippen LogP contribution in [-0.4, -0.2) is 32.1 Å². The number of thioether (sulfide) groups is 1. The van der Waals surface area contributed by atoms with E-state index in [-0.39, 0.29) is 5.92 Å². The summed E-state index contributed by atoms with van der Waals surface area (Å²) in [5.74, 6) is -0.465. The maximum absolute atomic E-state index is 12.0. The van der Waals surface area contributed by atoms with Crippen molar-refractivity contribution in [2.45, 2.75) is 24.3 Å². The van der Waals surface area contributed by atoms with Crippen molar-refractivity contribution < 1.29 is 9.59 Å². The summed E-state index contributed by atoms with van der Waals surface area (Å²) in [6.07, 6.45) is 1.50. The minimum absolute atomic E-state index is 0.0147. The normalized spacial score (nSPS) is 12.6. The number of nitrogens with one attached hydrogen (secondary N) is 2. The van der Waals surface area contributed by atoms with Gasteiger partial charge >= 0.3 is 6.03 Å². The monoisotopic (exact) mass is 327 g/mol. The number of hydrogen-bond donors (Lipinski definition) is 3. The summed E-state index contributed by atoms with van der Waals surface area (Å²) in [7, 11) is 0. The lowest BCUT2D eigenvalue weighted by Crippen LogP contribution is -2.42. The van der Waals surface area contributed by atoms with E-state index in [0.717, 1.165) is 0 Å². The Bertz CT molecular complexity index is 687. The molecule has 2 rings (SSSR count). The number of carbonyl (C=O) groups is 2. The van der Waals surface area contributed by atoms with Crippen LogP contribution in [0, 0.1) is 5.92 Å². The number of H-pyrrole nitrogens is 1. The lowest BCUT2D eigenvalue weighted by Gasteiger charge is -2.17. The number of hydrogen-bond acceptors (Lipinski definition) is 5. The molecule has 2 aromatic heterocycles. The van der Waals surface area contributed by atoms with Crippen molar-refractivity contribution in [2.75, 3.05) is 0 Å². The van der Waals surface area contributed by atoms with E-state index in [2.05, 4.69) is 20.3 Å². The second-order valence-corrected chi connectivity index (χ2v) is 6.27. The van der Waals surface area contributed by atoms with Crippen molar-refractivity contribution in [3.8, 4) is 0 Å². The number of aromatic nitrogens is 3. The van der Waals surface area contributed by atoms with Gasteiger partial charge in [-0.3, -0.25) is 10.1 Å². The highest BCUT2D eigenvalue weighted by molar-refractivity contribution is 8.00. The van der Waals surface area contributed by atoms with Crippen LogP contribution in [0.25, 0.3) is 11.2 Å². The van der Waals surface area contributed by atoms with E-state index in [0.29, 0.717) is 21.3 Å². The second kappa shape index (κ2) is 6.31. The van der Waals surface area contributed by atoms with Crippen LogP contribution in [0.5, 0.6) is 0 Å². The first-order valence-corrected chi connectivity index (χ1v) is 7.41. The summed E-state index contributed by atoms with van der Waals surface area (Å²) in [6.45, 7) is 3.74. The van der Waals surface area contributed by atoms with Crippen LogP contribution in [0.1, 0.15) is 13.8 Å². The molecule has 0 aliphatic heterocycles.